The highest BCUT2D eigenvalue weighted by molar-refractivity contribution is 5.95. The molecule has 0 spiro atoms. The third kappa shape index (κ3) is 5.59. The zero-order valence-corrected chi connectivity index (χ0v) is 17.5. The third-order valence-electron chi connectivity index (χ3n) is 5.61. The highest BCUT2D eigenvalue weighted by atomic mass is 16.2. The maximum atomic E-state index is 13.4. The molecule has 4 heteroatoms. The summed E-state index contributed by atoms with van der Waals surface area (Å²) >= 11 is 0. The minimum Gasteiger partial charge on any atom is -0.378 e. The number of benzene rings is 2. The van der Waals surface area contributed by atoms with Gasteiger partial charge in [-0.3, -0.25) is 4.79 Å². The first-order chi connectivity index (χ1) is 13.5. The Morgan fingerprint density at radius 1 is 1.11 bits per heavy atom. The van der Waals surface area contributed by atoms with E-state index in [9.17, 15) is 4.79 Å². The van der Waals surface area contributed by atoms with Crippen LogP contribution in [0.2, 0.25) is 0 Å². The second-order valence-electron chi connectivity index (χ2n) is 8.20. The molecule has 0 saturated carbocycles. The first-order valence-electron chi connectivity index (χ1n) is 10.3. The van der Waals surface area contributed by atoms with E-state index in [1.54, 1.807) is 0 Å². The molecule has 0 bridgehead atoms. The average molecular weight is 380 g/mol. The molecule has 1 aliphatic rings. The molecule has 150 valence electrons. The molecule has 1 heterocycles. The van der Waals surface area contributed by atoms with Crippen LogP contribution in [0.1, 0.15) is 28.8 Å². The fraction of sp³-hybridized carbons (Fsp3) is 0.458. The maximum absolute atomic E-state index is 13.4. The largest absolute Gasteiger partial charge is 0.378 e. The van der Waals surface area contributed by atoms with Crippen molar-refractivity contribution in [1.82, 2.24) is 9.80 Å². The first-order valence-corrected chi connectivity index (χ1v) is 10.3. The van der Waals surface area contributed by atoms with Crippen molar-refractivity contribution in [2.24, 2.45) is 5.92 Å². The summed E-state index contributed by atoms with van der Waals surface area (Å²) in [6.07, 6.45) is 3.32. The zero-order chi connectivity index (χ0) is 19.9. The number of nitrogens with zero attached hydrogens (tertiary/aromatic N) is 3. The molecule has 0 aliphatic carbocycles. The third-order valence-corrected chi connectivity index (χ3v) is 5.61. The van der Waals surface area contributed by atoms with Crippen molar-refractivity contribution < 1.29 is 4.79 Å². The number of rotatable bonds is 7. The van der Waals surface area contributed by atoms with Gasteiger partial charge in [0.2, 0.25) is 0 Å². The molecule has 4 nitrogen and oxygen atoms in total. The molecular formula is C24H33N3O. The fourth-order valence-corrected chi connectivity index (χ4v) is 4.02. The quantitative estimate of drug-likeness (QED) is 0.732. The van der Waals surface area contributed by atoms with Crippen LogP contribution in [0.4, 0.5) is 5.69 Å². The van der Waals surface area contributed by atoms with Gasteiger partial charge in [0.25, 0.3) is 5.91 Å². The predicted octanol–water partition coefficient (Wildman–Crippen LogP) is 3.78. The Balaban J connectivity index is 1.75. The molecule has 1 atom stereocenters. The van der Waals surface area contributed by atoms with Crippen LogP contribution in [0, 0.1) is 5.92 Å². The van der Waals surface area contributed by atoms with Gasteiger partial charge in [0.1, 0.15) is 0 Å². The molecule has 1 amide bonds. The van der Waals surface area contributed by atoms with Gasteiger partial charge in [0.15, 0.2) is 0 Å². The minimum absolute atomic E-state index is 0.146. The number of amides is 1. The molecule has 1 aliphatic heterocycles. The standard InChI is InChI=1S/C24H33N3O/c1-25(2)23-13-7-12-22(17-23)24(28)27(16-14-20-9-5-4-6-10-20)19-21-11-8-15-26(3)18-21/h4-7,9-10,12-13,17,21H,8,11,14-16,18-19H2,1-3H3. The van der Waals surface area contributed by atoms with Crippen molar-refractivity contribution >= 4 is 11.6 Å². The van der Waals surface area contributed by atoms with Gasteiger partial charge in [-0.1, -0.05) is 36.4 Å². The first kappa shape index (κ1) is 20.4. The van der Waals surface area contributed by atoms with Crippen molar-refractivity contribution in [3.8, 4) is 0 Å². The second kappa shape index (κ2) is 9.74. The molecular weight excluding hydrogens is 346 g/mol. The van der Waals surface area contributed by atoms with Crippen LogP contribution in [-0.4, -0.2) is 63.0 Å². The lowest BCUT2D eigenvalue weighted by Crippen LogP contribution is -2.42. The van der Waals surface area contributed by atoms with Crippen molar-refractivity contribution in [3.63, 3.8) is 0 Å². The highest BCUT2D eigenvalue weighted by Gasteiger charge is 2.24. The van der Waals surface area contributed by atoms with E-state index in [1.165, 1.54) is 24.9 Å². The average Bonchev–Trinajstić information content (AvgIpc) is 2.71. The van der Waals surface area contributed by atoms with Crippen LogP contribution in [0.5, 0.6) is 0 Å². The Hall–Kier alpha value is -2.33. The predicted molar refractivity (Wildman–Crippen MR) is 117 cm³/mol. The molecule has 0 N–H and O–H groups in total. The van der Waals surface area contributed by atoms with Crippen molar-refractivity contribution in [2.75, 3.05) is 52.2 Å². The molecule has 1 unspecified atom stereocenters. The maximum Gasteiger partial charge on any atom is 0.253 e. The Bertz CT molecular complexity index is 759. The zero-order valence-electron chi connectivity index (χ0n) is 17.5. The Labute approximate surface area is 169 Å². The Kier molecular flexibility index (Phi) is 7.10. The number of anilines is 1. The molecule has 1 saturated heterocycles. The van der Waals surface area contributed by atoms with Crippen LogP contribution in [0.15, 0.2) is 54.6 Å². The summed E-state index contributed by atoms with van der Waals surface area (Å²) < 4.78 is 0. The molecule has 0 aromatic heterocycles. The molecule has 3 rings (SSSR count). The fourth-order valence-electron chi connectivity index (χ4n) is 4.02. The number of hydrogen-bond donors (Lipinski definition) is 0. The smallest absolute Gasteiger partial charge is 0.253 e. The minimum atomic E-state index is 0.146. The Morgan fingerprint density at radius 3 is 2.61 bits per heavy atom. The number of piperidine rings is 1. The summed E-state index contributed by atoms with van der Waals surface area (Å²) in [5, 5.41) is 0. The van der Waals surface area contributed by atoms with Gasteiger partial charge in [-0.25, -0.2) is 0 Å². The van der Waals surface area contributed by atoms with E-state index in [1.807, 2.05) is 49.3 Å². The summed E-state index contributed by atoms with van der Waals surface area (Å²) in [5.74, 6) is 0.698. The molecule has 0 radical (unpaired) electrons. The monoisotopic (exact) mass is 379 g/mol. The summed E-state index contributed by atoms with van der Waals surface area (Å²) in [4.78, 5) is 19.9. The summed E-state index contributed by atoms with van der Waals surface area (Å²) in [6.45, 7) is 3.84. The molecule has 28 heavy (non-hydrogen) atoms. The van der Waals surface area contributed by atoms with Gasteiger partial charge in [-0.2, -0.15) is 0 Å². The van der Waals surface area contributed by atoms with E-state index < -0.39 is 0 Å². The van der Waals surface area contributed by atoms with E-state index >= 15 is 0 Å². The topological polar surface area (TPSA) is 26.8 Å². The summed E-state index contributed by atoms with van der Waals surface area (Å²) in [7, 11) is 6.20. The molecule has 2 aromatic carbocycles. The van der Waals surface area contributed by atoms with Crippen molar-refractivity contribution in [1.29, 1.82) is 0 Å². The summed E-state index contributed by atoms with van der Waals surface area (Å²) in [6, 6.07) is 18.4. The Morgan fingerprint density at radius 2 is 1.89 bits per heavy atom. The van der Waals surface area contributed by atoms with Gasteiger partial charge in [-0.15, -0.1) is 0 Å². The van der Waals surface area contributed by atoms with Gasteiger partial charge in [-0.05, 0) is 62.5 Å². The van der Waals surface area contributed by atoms with Crippen molar-refractivity contribution in [2.45, 2.75) is 19.3 Å². The molecule has 2 aromatic rings. The van der Waals surface area contributed by atoms with Gasteiger partial charge < -0.3 is 14.7 Å². The molecule has 1 fully saturated rings. The SMILES string of the molecule is CN1CCCC(CN(CCc2ccccc2)C(=O)c2cccc(N(C)C)c2)C1. The van der Waals surface area contributed by atoms with Crippen molar-refractivity contribution in [3.05, 3.63) is 65.7 Å². The van der Waals surface area contributed by atoms with Crippen LogP contribution in [-0.2, 0) is 6.42 Å². The number of hydrogen-bond acceptors (Lipinski definition) is 3. The van der Waals surface area contributed by atoms with E-state index in [0.717, 1.165) is 37.3 Å². The lowest BCUT2D eigenvalue weighted by Gasteiger charge is -2.34. The van der Waals surface area contributed by atoms with Gasteiger partial charge >= 0.3 is 0 Å². The number of carbonyl (C=O) groups excluding carboxylic acids is 1. The van der Waals surface area contributed by atoms with E-state index in [-0.39, 0.29) is 5.91 Å². The van der Waals surface area contributed by atoms with E-state index in [0.29, 0.717) is 5.92 Å². The van der Waals surface area contributed by atoms with Crippen LogP contribution < -0.4 is 4.90 Å². The van der Waals surface area contributed by atoms with Crippen LogP contribution >= 0.6 is 0 Å². The normalized spacial score (nSPS) is 17.3. The summed E-state index contributed by atoms with van der Waals surface area (Å²) in [5.41, 5.74) is 3.12. The van der Waals surface area contributed by atoms with Crippen LogP contribution in [0.3, 0.4) is 0 Å². The highest BCUT2D eigenvalue weighted by Crippen LogP contribution is 2.20. The lowest BCUT2D eigenvalue weighted by molar-refractivity contribution is 0.0693. The van der Waals surface area contributed by atoms with E-state index in [2.05, 4.69) is 41.1 Å². The number of likely N-dealkylation sites (tertiary alicyclic amines) is 1. The van der Waals surface area contributed by atoms with E-state index in [4.69, 9.17) is 0 Å². The lowest BCUT2D eigenvalue weighted by atomic mass is 9.97. The van der Waals surface area contributed by atoms with Gasteiger partial charge in [0.05, 0.1) is 0 Å². The van der Waals surface area contributed by atoms with Gasteiger partial charge in [0, 0.05) is 45.0 Å². The second-order valence-corrected chi connectivity index (χ2v) is 8.20. The number of carbonyl (C=O) groups is 1. The van der Waals surface area contributed by atoms with Crippen LogP contribution in [0.25, 0.3) is 0 Å².